The lowest BCUT2D eigenvalue weighted by Crippen LogP contribution is -1.98. The zero-order valence-corrected chi connectivity index (χ0v) is 13.3. The van der Waals surface area contributed by atoms with E-state index in [0.717, 1.165) is 16.7 Å². The van der Waals surface area contributed by atoms with Crippen LogP contribution in [0.3, 0.4) is 0 Å². The van der Waals surface area contributed by atoms with Crippen LogP contribution in [0.1, 0.15) is 22.3 Å². The monoisotopic (exact) mass is 321 g/mol. The molecule has 0 saturated heterocycles. The second kappa shape index (κ2) is 6.12. The van der Waals surface area contributed by atoms with E-state index in [1.807, 2.05) is 32.0 Å². The molecule has 1 aliphatic rings. The molecule has 2 aromatic carbocycles. The molecular weight excluding hydrogens is 306 g/mol. The fourth-order valence-electron chi connectivity index (χ4n) is 2.49. The molecule has 120 valence electrons. The van der Waals surface area contributed by atoms with Gasteiger partial charge in [0.1, 0.15) is 5.76 Å². The van der Waals surface area contributed by atoms with E-state index in [9.17, 15) is 14.9 Å². The van der Waals surface area contributed by atoms with E-state index in [2.05, 4.69) is 0 Å². The van der Waals surface area contributed by atoms with Crippen molar-refractivity contribution in [1.82, 2.24) is 0 Å². The van der Waals surface area contributed by atoms with Crippen molar-refractivity contribution in [3.8, 4) is 0 Å². The van der Waals surface area contributed by atoms with Crippen LogP contribution < -0.4 is 0 Å². The van der Waals surface area contributed by atoms with Crippen LogP contribution in [0.15, 0.2) is 54.1 Å². The minimum atomic E-state index is -0.459. The van der Waals surface area contributed by atoms with Gasteiger partial charge in [-0.05, 0) is 55.3 Å². The summed E-state index contributed by atoms with van der Waals surface area (Å²) in [6, 6.07) is 12.0. The molecule has 0 saturated carbocycles. The molecular formula is C19H15NO4. The van der Waals surface area contributed by atoms with Crippen LogP contribution in [0, 0.1) is 24.0 Å². The third-order valence-corrected chi connectivity index (χ3v) is 3.81. The lowest BCUT2D eigenvalue weighted by Gasteiger charge is -2.06. The molecule has 0 aliphatic carbocycles. The average molecular weight is 321 g/mol. The Hall–Kier alpha value is -3.21. The highest BCUT2D eigenvalue weighted by molar-refractivity contribution is 6.05. The highest BCUT2D eigenvalue weighted by Gasteiger charge is 2.23. The number of benzene rings is 2. The third-order valence-electron chi connectivity index (χ3n) is 3.81. The minimum Gasteiger partial charge on any atom is -0.422 e. The van der Waals surface area contributed by atoms with Crippen LogP contribution in [0.25, 0.3) is 11.8 Å². The van der Waals surface area contributed by atoms with Crippen molar-refractivity contribution in [2.75, 3.05) is 0 Å². The maximum absolute atomic E-state index is 12.1. The number of non-ortho nitro benzene ring substituents is 1. The Kier molecular flexibility index (Phi) is 4.00. The summed E-state index contributed by atoms with van der Waals surface area (Å²) < 4.78 is 5.38. The quantitative estimate of drug-likeness (QED) is 0.368. The van der Waals surface area contributed by atoms with Gasteiger partial charge in [0.05, 0.1) is 10.5 Å². The summed E-state index contributed by atoms with van der Waals surface area (Å²) in [5.74, 6) is 0.0959. The molecule has 0 radical (unpaired) electrons. The summed E-state index contributed by atoms with van der Waals surface area (Å²) >= 11 is 0. The number of hydrogen-bond acceptors (Lipinski definition) is 4. The predicted octanol–water partition coefficient (Wildman–Crippen LogP) is 4.19. The van der Waals surface area contributed by atoms with Crippen LogP contribution in [-0.4, -0.2) is 10.9 Å². The largest absolute Gasteiger partial charge is 0.422 e. The normalized spacial score (nSPS) is 15.3. The maximum atomic E-state index is 12.1. The Morgan fingerprint density at radius 1 is 1.08 bits per heavy atom. The van der Waals surface area contributed by atoms with Gasteiger partial charge in [-0.3, -0.25) is 10.1 Å². The summed E-state index contributed by atoms with van der Waals surface area (Å²) in [4.78, 5) is 22.3. The Morgan fingerprint density at radius 2 is 1.79 bits per heavy atom. The zero-order valence-electron chi connectivity index (χ0n) is 13.3. The number of cyclic esters (lactones) is 1. The molecule has 0 atom stereocenters. The molecule has 5 heteroatoms. The van der Waals surface area contributed by atoms with Gasteiger partial charge < -0.3 is 4.74 Å². The van der Waals surface area contributed by atoms with Crippen molar-refractivity contribution < 1.29 is 14.5 Å². The van der Waals surface area contributed by atoms with Crippen molar-refractivity contribution in [3.05, 3.63) is 86.5 Å². The Labute approximate surface area is 139 Å². The molecule has 1 heterocycles. The third kappa shape index (κ3) is 3.10. The number of hydrogen-bond donors (Lipinski definition) is 0. The molecule has 0 fully saturated rings. The van der Waals surface area contributed by atoms with Gasteiger partial charge in [-0.15, -0.1) is 0 Å². The molecule has 24 heavy (non-hydrogen) atoms. The molecule has 0 amide bonds. The molecule has 3 rings (SSSR count). The van der Waals surface area contributed by atoms with Gasteiger partial charge in [0.25, 0.3) is 5.69 Å². The van der Waals surface area contributed by atoms with Gasteiger partial charge in [-0.25, -0.2) is 4.79 Å². The number of nitrogens with zero attached hydrogens (tertiary/aromatic N) is 1. The predicted molar refractivity (Wildman–Crippen MR) is 91.1 cm³/mol. The van der Waals surface area contributed by atoms with Crippen LogP contribution in [0.5, 0.6) is 0 Å². The van der Waals surface area contributed by atoms with Crippen molar-refractivity contribution in [2.24, 2.45) is 0 Å². The summed E-state index contributed by atoms with van der Waals surface area (Å²) in [6.45, 7) is 3.94. The lowest BCUT2D eigenvalue weighted by atomic mass is 10.0. The second-order valence-electron chi connectivity index (χ2n) is 5.66. The molecule has 0 bridgehead atoms. The van der Waals surface area contributed by atoms with Crippen LogP contribution in [0.4, 0.5) is 5.69 Å². The number of nitro groups is 1. The van der Waals surface area contributed by atoms with Crippen LogP contribution in [-0.2, 0) is 9.53 Å². The Balaban J connectivity index is 1.94. The van der Waals surface area contributed by atoms with Gasteiger partial charge in [-0.2, -0.15) is 0 Å². The van der Waals surface area contributed by atoms with E-state index in [1.54, 1.807) is 24.3 Å². The number of esters is 1. The van der Waals surface area contributed by atoms with Gasteiger partial charge in [-0.1, -0.05) is 17.7 Å². The number of carbonyl (C=O) groups excluding carboxylic acids is 1. The molecule has 5 nitrogen and oxygen atoms in total. The molecule has 1 aliphatic heterocycles. The number of ether oxygens (including phenoxy) is 1. The van der Waals surface area contributed by atoms with Gasteiger partial charge >= 0.3 is 5.97 Å². The molecule has 0 spiro atoms. The first-order valence-corrected chi connectivity index (χ1v) is 7.42. The average Bonchev–Trinajstić information content (AvgIpc) is 2.91. The molecule has 0 aromatic heterocycles. The summed E-state index contributed by atoms with van der Waals surface area (Å²) in [5, 5.41) is 10.7. The van der Waals surface area contributed by atoms with E-state index in [-0.39, 0.29) is 5.69 Å². The maximum Gasteiger partial charge on any atom is 0.343 e. The van der Waals surface area contributed by atoms with E-state index in [0.29, 0.717) is 16.9 Å². The topological polar surface area (TPSA) is 69.4 Å². The number of aryl methyl sites for hydroxylation is 2. The van der Waals surface area contributed by atoms with Gasteiger partial charge in [0.15, 0.2) is 0 Å². The summed E-state index contributed by atoms with van der Waals surface area (Å²) in [5.41, 5.74) is 4.12. The van der Waals surface area contributed by atoms with Crippen molar-refractivity contribution in [3.63, 3.8) is 0 Å². The van der Waals surface area contributed by atoms with Crippen molar-refractivity contribution >= 4 is 23.5 Å². The number of rotatable bonds is 3. The molecule has 0 N–H and O–H groups in total. The first kappa shape index (κ1) is 15.7. The van der Waals surface area contributed by atoms with E-state index in [4.69, 9.17) is 4.74 Å². The SMILES string of the molecule is Cc1ccc(C)c(C2=C/C(=C\c3ccc([N+](=O)[O-])cc3)C(=O)O2)c1. The minimum absolute atomic E-state index is 0.0118. The summed E-state index contributed by atoms with van der Waals surface area (Å²) in [7, 11) is 0. The van der Waals surface area contributed by atoms with Crippen molar-refractivity contribution in [1.29, 1.82) is 0 Å². The Bertz CT molecular complexity index is 892. The van der Waals surface area contributed by atoms with E-state index >= 15 is 0 Å². The zero-order chi connectivity index (χ0) is 17.3. The second-order valence-corrected chi connectivity index (χ2v) is 5.66. The van der Waals surface area contributed by atoms with E-state index < -0.39 is 10.9 Å². The highest BCUT2D eigenvalue weighted by atomic mass is 16.6. The standard InChI is InChI=1S/C19H15NO4/c1-12-3-4-13(2)17(9-12)18-11-15(19(21)24-18)10-14-5-7-16(8-6-14)20(22)23/h3-11H,1-2H3/b15-10+. The fourth-order valence-corrected chi connectivity index (χ4v) is 2.49. The number of nitro benzene ring substituents is 1. The van der Waals surface area contributed by atoms with Crippen molar-refractivity contribution in [2.45, 2.75) is 13.8 Å². The van der Waals surface area contributed by atoms with Gasteiger partial charge in [0, 0.05) is 17.7 Å². The fraction of sp³-hybridized carbons (Fsp3) is 0.105. The number of carbonyl (C=O) groups is 1. The summed E-state index contributed by atoms with van der Waals surface area (Å²) in [6.07, 6.45) is 3.36. The molecule has 0 unspecified atom stereocenters. The van der Waals surface area contributed by atoms with Crippen LogP contribution >= 0.6 is 0 Å². The van der Waals surface area contributed by atoms with Crippen LogP contribution in [0.2, 0.25) is 0 Å². The van der Waals surface area contributed by atoms with Gasteiger partial charge in [0.2, 0.25) is 0 Å². The van der Waals surface area contributed by atoms with E-state index in [1.165, 1.54) is 12.1 Å². The lowest BCUT2D eigenvalue weighted by molar-refractivity contribution is -0.384. The Morgan fingerprint density at radius 3 is 2.46 bits per heavy atom. The smallest absolute Gasteiger partial charge is 0.343 e. The first-order chi connectivity index (χ1) is 11.4. The molecule has 2 aromatic rings. The highest BCUT2D eigenvalue weighted by Crippen LogP contribution is 2.30. The first-order valence-electron chi connectivity index (χ1n) is 7.42.